The van der Waals surface area contributed by atoms with Crippen LogP contribution in [0.15, 0.2) is 30.4 Å². The molecule has 1 aromatic rings. The van der Waals surface area contributed by atoms with Crippen LogP contribution in [0, 0.1) is 30.6 Å². The minimum absolute atomic E-state index is 0.194. The topological polar surface area (TPSA) is 42.2 Å². The van der Waals surface area contributed by atoms with Crippen molar-refractivity contribution < 1.29 is 9.47 Å². The largest absolute Gasteiger partial charge is 0.348 e. The van der Waals surface area contributed by atoms with Crippen molar-refractivity contribution in [2.75, 3.05) is 13.2 Å². The van der Waals surface area contributed by atoms with E-state index in [1.807, 2.05) is 32.0 Å². The van der Waals surface area contributed by atoms with E-state index < -0.39 is 0 Å². The quantitative estimate of drug-likeness (QED) is 0.446. The molecule has 3 rings (SSSR count). The first kappa shape index (κ1) is 27.4. The summed E-state index contributed by atoms with van der Waals surface area (Å²) in [6.07, 6.45) is 15.6. The Morgan fingerprint density at radius 1 is 1.06 bits per heavy atom. The maximum absolute atomic E-state index is 8.50. The van der Waals surface area contributed by atoms with E-state index in [0.717, 1.165) is 31.6 Å². The van der Waals surface area contributed by atoms with Crippen molar-refractivity contribution in [2.45, 2.75) is 105 Å². The third-order valence-corrected chi connectivity index (χ3v) is 6.31. The van der Waals surface area contributed by atoms with E-state index in [1.54, 1.807) is 0 Å². The van der Waals surface area contributed by atoms with Crippen molar-refractivity contribution >= 4 is 0 Å². The average Bonchev–Trinajstić information content (AvgIpc) is 3.20. The maximum atomic E-state index is 8.50. The summed E-state index contributed by atoms with van der Waals surface area (Å²) in [5.74, 6) is -0.194. The second-order valence-corrected chi connectivity index (χ2v) is 9.32. The van der Waals surface area contributed by atoms with Crippen molar-refractivity contribution in [3.8, 4) is 6.07 Å². The number of nitriles is 1. The molecule has 0 amide bonds. The second kappa shape index (κ2) is 14.4. The Morgan fingerprint density at radius 3 is 2.29 bits per heavy atom. The van der Waals surface area contributed by atoms with Crippen molar-refractivity contribution in [1.82, 2.24) is 0 Å². The Kier molecular flexibility index (Phi) is 12.8. The van der Waals surface area contributed by atoms with Gasteiger partial charge in [0.05, 0.1) is 24.8 Å². The normalized spacial score (nSPS) is 21.7. The summed E-state index contributed by atoms with van der Waals surface area (Å²) in [4.78, 5) is 0. The zero-order valence-corrected chi connectivity index (χ0v) is 20.9. The van der Waals surface area contributed by atoms with Gasteiger partial charge in [-0.3, -0.25) is 0 Å². The van der Waals surface area contributed by atoms with Crippen LogP contribution in [0.5, 0.6) is 0 Å². The van der Waals surface area contributed by atoms with Crippen molar-refractivity contribution in [1.29, 1.82) is 5.26 Å². The van der Waals surface area contributed by atoms with E-state index in [1.165, 1.54) is 56.1 Å². The van der Waals surface area contributed by atoms with Crippen LogP contribution in [0.3, 0.4) is 0 Å². The fourth-order valence-electron chi connectivity index (χ4n) is 4.32. The molecule has 0 unspecified atom stereocenters. The summed E-state index contributed by atoms with van der Waals surface area (Å²) in [5.41, 5.74) is 3.61. The van der Waals surface area contributed by atoms with Crippen LogP contribution in [0.25, 0.3) is 0 Å². The molecular formula is C28H45NO2. The minimum atomic E-state index is -0.194. The summed E-state index contributed by atoms with van der Waals surface area (Å²) >= 11 is 0. The Hall–Kier alpha value is -1.63. The standard InChI is InChI=1S/C13H24O2.C9H9N.C6H12/c1-3-4-6-12(2)7-5-8-13(11-12)14-9-10-15-13;1-7-3-4-9(6-10)5-8(7)2;1-3-5-6-4-2/h3-11H2,1-2H3;3-5H,1-2H3;3,5H,4,6H2,1-2H3/b;;5-3+/t12-;;/m0../s1. The third-order valence-electron chi connectivity index (χ3n) is 6.31. The number of allylic oxidation sites excluding steroid dienone is 2. The Balaban J connectivity index is 0.000000260. The first-order valence-corrected chi connectivity index (χ1v) is 12.2. The summed E-state index contributed by atoms with van der Waals surface area (Å²) in [6.45, 7) is 14.6. The Morgan fingerprint density at radius 2 is 1.77 bits per heavy atom. The lowest BCUT2D eigenvalue weighted by Crippen LogP contribution is -2.41. The van der Waals surface area contributed by atoms with Crippen LogP contribution in [0.2, 0.25) is 0 Å². The monoisotopic (exact) mass is 427 g/mol. The Bertz CT molecular complexity index is 697. The summed E-state index contributed by atoms with van der Waals surface area (Å²) in [6, 6.07) is 7.79. The van der Waals surface area contributed by atoms with Crippen molar-refractivity contribution in [3.63, 3.8) is 0 Å². The smallest absolute Gasteiger partial charge is 0.169 e. The zero-order valence-electron chi connectivity index (χ0n) is 20.9. The van der Waals surface area contributed by atoms with Crippen LogP contribution < -0.4 is 0 Å². The number of ether oxygens (including phenoxy) is 2. The fraction of sp³-hybridized carbons (Fsp3) is 0.679. The van der Waals surface area contributed by atoms with Gasteiger partial charge in [0.15, 0.2) is 5.79 Å². The zero-order chi connectivity index (χ0) is 23.2. The molecule has 0 aromatic heterocycles. The second-order valence-electron chi connectivity index (χ2n) is 9.32. The van der Waals surface area contributed by atoms with E-state index in [2.05, 4.69) is 45.9 Å². The van der Waals surface area contributed by atoms with E-state index in [9.17, 15) is 0 Å². The molecule has 0 N–H and O–H groups in total. The summed E-state index contributed by atoms with van der Waals surface area (Å²) in [7, 11) is 0. The molecule has 1 saturated carbocycles. The van der Waals surface area contributed by atoms with Gasteiger partial charge in [0, 0.05) is 12.8 Å². The van der Waals surface area contributed by atoms with Gasteiger partial charge in [-0.1, -0.05) is 58.3 Å². The fourth-order valence-corrected chi connectivity index (χ4v) is 4.32. The van der Waals surface area contributed by atoms with E-state index in [-0.39, 0.29) is 5.79 Å². The molecule has 174 valence electrons. The summed E-state index contributed by atoms with van der Waals surface area (Å²) < 4.78 is 11.7. The molecule has 1 aromatic carbocycles. The number of benzene rings is 1. The molecule has 0 radical (unpaired) electrons. The molecule has 31 heavy (non-hydrogen) atoms. The molecule has 3 nitrogen and oxygen atoms in total. The lowest BCUT2D eigenvalue weighted by molar-refractivity contribution is -0.200. The van der Waals surface area contributed by atoms with Gasteiger partial charge in [-0.2, -0.15) is 5.26 Å². The van der Waals surface area contributed by atoms with Crippen LogP contribution in [0.1, 0.15) is 102 Å². The van der Waals surface area contributed by atoms with Gasteiger partial charge in [-0.15, -0.1) is 0 Å². The van der Waals surface area contributed by atoms with Crippen molar-refractivity contribution in [2.24, 2.45) is 5.41 Å². The number of hydrogen-bond donors (Lipinski definition) is 0. The molecule has 2 fully saturated rings. The highest BCUT2D eigenvalue weighted by Gasteiger charge is 2.45. The highest BCUT2D eigenvalue weighted by molar-refractivity contribution is 5.36. The molecule has 1 aliphatic heterocycles. The van der Waals surface area contributed by atoms with Crippen LogP contribution >= 0.6 is 0 Å². The molecule has 1 heterocycles. The molecule has 3 heteroatoms. The van der Waals surface area contributed by atoms with Crippen LogP contribution in [-0.2, 0) is 9.47 Å². The number of hydrogen-bond acceptors (Lipinski definition) is 3. The molecule has 1 spiro atoms. The average molecular weight is 428 g/mol. The number of aryl methyl sites for hydroxylation is 2. The van der Waals surface area contributed by atoms with Crippen molar-refractivity contribution in [3.05, 3.63) is 47.0 Å². The van der Waals surface area contributed by atoms with Gasteiger partial charge in [0.25, 0.3) is 0 Å². The van der Waals surface area contributed by atoms with Gasteiger partial charge >= 0.3 is 0 Å². The third kappa shape index (κ3) is 10.0. The predicted octanol–water partition coefficient (Wildman–Crippen LogP) is 8.04. The molecule has 1 saturated heterocycles. The molecule has 1 aliphatic carbocycles. The highest BCUT2D eigenvalue weighted by atomic mass is 16.7. The van der Waals surface area contributed by atoms with Gasteiger partial charge in [-0.25, -0.2) is 0 Å². The van der Waals surface area contributed by atoms with E-state index in [4.69, 9.17) is 14.7 Å². The number of rotatable bonds is 5. The predicted molar refractivity (Wildman–Crippen MR) is 131 cm³/mol. The highest BCUT2D eigenvalue weighted by Crippen LogP contribution is 2.47. The summed E-state index contributed by atoms with van der Waals surface area (Å²) in [5, 5.41) is 8.50. The Labute approximate surface area is 191 Å². The molecule has 2 aliphatic rings. The van der Waals surface area contributed by atoms with Crippen LogP contribution in [-0.4, -0.2) is 19.0 Å². The van der Waals surface area contributed by atoms with Gasteiger partial charge < -0.3 is 9.47 Å². The SMILES string of the molecule is C/C=C/CCC.CCCC[C@@]1(C)CCCC2(C1)OCCO2.Cc1ccc(C#N)cc1C. The number of nitrogens with zero attached hydrogens (tertiary/aromatic N) is 1. The lowest BCUT2D eigenvalue weighted by atomic mass is 9.70. The van der Waals surface area contributed by atoms with E-state index >= 15 is 0 Å². The molecule has 1 atom stereocenters. The first-order valence-electron chi connectivity index (χ1n) is 12.2. The first-order chi connectivity index (χ1) is 14.8. The lowest BCUT2D eigenvalue weighted by Gasteiger charge is -2.43. The molecule has 0 bridgehead atoms. The number of unbranched alkanes of at least 4 members (excludes halogenated alkanes) is 2. The minimum Gasteiger partial charge on any atom is -0.348 e. The van der Waals surface area contributed by atoms with Gasteiger partial charge in [0.1, 0.15) is 0 Å². The van der Waals surface area contributed by atoms with Crippen LogP contribution in [0.4, 0.5) is 0 Å². The molecular weight excluding hydrogens is 382 g/mol. The van der Waals surface area contributed by atoms with E-state index in [0.29, 0.717) is 5.41 Å². The maximum Gasteiger partial charge on any atom is 0.169 e. The van der Waals surface area contributed by atoms with Gasteiger partial charge in [-0.05, 0) is 75.1 Å². The van der Waals surface area contributed by atoms with Gasteiger partial charge in [0.2, 0.25) is 0 Å².